The van der Waals surface area contributed by atoms with Crippen LogP contribution in [0.1, 0.15) is 15.9 Å². The number of carbonyl (C=O) groups is 1. The fourth-order valence-corrected chi connectivity index (χ4v) is 2.25. The number of hydrogen-bond donors (Lipinski definition) is 1. The Hall–Kier alpha value is -3.02. The highest BCUT2D eigenvalue weighted by Crippen LogP contribution is 2.12. The summed E-state index contributed by atoms with van der Waals surface area (Å²) >= 11 is 0. The Balaban J connectivity index is 2.04. The van der Waals surface area contributed by atoms with Crippen LogP contribution < -0.4 is 5.56 Å². The molecule has 22 heavy (non-hydrogen) atoms. The van der Waals surface area contributed by atoms with Crippen molar-refractivity contribution in [2.45, 2.75) is 6.54 Å². The lowest BCUT2D eigenvalue weighted by Gasteiger charge is -2.07. The Bertz CT molecular complexity index is 934. The molecule has 0 fully saturated rings. The van der Waals surface area contributed by atoms with Crippen molar-refractivity contribution < 1.29 is 14.3 Å². The molecule has 1 aromatic heterocycles. The molecule has 0 saturated heterocycles. The highest BCUT2D eigenvalue weighted by molar-refractivity contribution is 5.88. The van der Waals surface area contributed by atoms with Gasteiger partial charge in [0.1, 0.15) is 5.82 Å². The van der Waals surface area contributed by atoms with Gasteiger partial charge < -0.3 is 5.11 Å². The maximum Gasteiger partial charge on any atom is 0.338 e. The number of rotatable bonds is 3. The molecular formula is C16H11FN2O3. The predicted molar refractivity (Wildman–Crippen MR) is 78.5 cm³/mol. The van der Waals surface area contributed by atoms with Crippen molar-refractivity contribution in [2.75, 3.05) is 0 Å². The first-order valence-electron chi connectivity index (χ1n) is 6.53. The number of carboxylic acids is 1. The van der Waals surface area contributed by atoms with E-state index in [1.54, 1.807) is 24.4 Å². The standard InChI is InChI=1S/C16H11FN2O3/c17-14-6-5-10(7-13(14)16(21)22)9-19-15(20)12-4-2-1-3-11(12)8-18-19/h1-8H,9H2,(H,21,22). The van der Waals surface area contributed by atoms with Crippen LogP contribution in [-0.2, 0) is 6.54 Å². The first-order valence-corrected chi connectivity index (χ1v) is 6.53. The molecule has 1 heterocycles. The molecule has 0 aliphatic rings. The normalized spacial score (nSPS) is 10.8. The number of benzene rings is 2. The van der Waals surface area contributed by atoms with Crippen molar-refractivity contribution in [3.63, 3.8) is 0 Å². The Morgan fingerprint density at radius 3 is 2.77 bits per heavy atom. The molecule has 0 spiro atoms. The van der Waals surface area contributed by atoms with Gasteiger partial charge in [-0.3, -0.25) is 4.79 Å². The van der Waals surface area contributed by atoms with Gasteiger partial charge in [0.15, 0.2) is 0 Å². The number of carboxylic acid groups (broad SMARTS) is 1. The second kappa shape index (κ2) is 5.40. The van der Waals surface area contributed by atoms with Crippen molar-refractivity contribution in [3.05, 3.63) is 76.0 Å². The highest BCUT2D eigenvalue weighted by atomic mass is 19.1. The topological polar surface area (TPSA) is 72.2 Å². The van der Waals surface area contributed by atoms with Crippen LogP contribution in [0.25, 0.3) is 10.8 Å². The van der Waals surface area contributed by atoms with Crippen LogP contribution in [0, 0.1) is 5.82 Å². The summed E-state index contributed by atoms with van der Waals surface area (Å²) in [5, 5.41) is 14.2. The van der Waals surface area contributed by atoms with Crippen molar-refractivity contribution in [1.29, 1.82) is 0 Å². The quantitative estimate of drug-likeness (QED) is 0.805. The van der Waals surface area contributed by atoms with Crippen LogP contribution in [-0.4, -0.2) is 20.9 Å². The minimum Gasteiger partial charge on any atom is -0.478 e. The monoisotopic (exact) mass is 298 g/mol. The van der Waals surface area contributed by atoms with Gasteiger partial charge in [-0.1, -0.05) is 24.3 Å². The summed E-state index contributed by atoms with van der Waals surface area (Å²) < 4.78 is 14.6. The molecular weight excluding hydrogens is 287 g/mol. The van der Waals surface area contributed by atoms with E-state index in [1.165, 1.54) is 16.8 Å². The van der Waals surface area contributed by atoms with Gasteiger partial charge >= 0.3 is 5.97 Å². The van der Waals surface area contributed by atoms with Crippen LogP contribution >= 0.6 is 0 Å². The molecule has 3 aromatic rings. The Kier molecular flexibility index (Phi) is 3.42. The molecule has 0 radical (unpaired) electrons. The first kappa shape index (κ1) is 13.9. The summed E-state index contributed by atoms with van der Waals surface area (Å²) in [6, 6.07) is 10.8. The third-order valence-corrected chi connectivity index (χ3v) is 3.36. The lowest BCUT2D eigenvalue weighted by Crippen LogP contribution is -2.23. The van der Waals surface area contributed by atoms with Crippen LogP contribution in [0.3, 0.4) is 0 Å². The maximum absolute atomic E-state index is 13.4. The second-order valence-corrected chi connectivity index (χ2v) is 4.81. The van der Waals surface area contributed by atoms with Crippen LogP contribution in [0.4, 0.5) is 4.39 Å². The van der Waals surface area contributed by atoms with E-state index >= 15 is 0 Å². The summed E-state index contributed by atoms with van der Waals surface area (Å²) in [7, 11) is 0. The van der Waals surface area contributed by atoms with Gasteiger partial charge in [0.05, 0.1) is 23.7 Å². The number of hydrogen-bond acceptors (Lipinski definition) is 3. The molecule has 110 valence electrons. The van der Waals surface area contributed by atoms with Gasteiger partial charge in [-0.05, 0) is 23.8 Å². The molecule has 0 amide bonds. The Morgan fingerprint density at radius 1 is 1.23 bits per heavy atom. The van der Waals surface area contributed by atoms with Gasteiger partial charge in [-0.15, -0.1) is 0 Å². The average molecular weight is 298 g/mol. The zero-order chi connectivity index (χ0) is 15.7. The fourth-order valence-electron chi connectivity index (χ4n) is 2.25. The van der Waals surface area contributed by atoms with E-state index < -0.39 is 17.3 Å². The summed E-state index contributed by atoms with van der Waals surface area (Å²) in [6.45, 7) is 0.0736. The maximum atomic E-state index is 13.4. The van der Waals surface area contributed by atoms with E-state index in [-0.39, 0.29) is 12.1 Å². The number of aromatic nitrogens is 2. The third kappa shape index (κ3) is 2.46. The number of aromatic carboxylic acids is 1. The molecule has 0 bridgehead atoms. The van der Waals surface area contributed by atoms with Gasteiger partial charge in [0, 0.05) is 5.39 Å². The van der Waals surface area contributed by atoms with E-state index in [1.807, 2.05) is 6.07 Å². The zero-order valence-electron chi connectivity index (χ0n) is 11.4. The van der Waals surface area contributed by atoms with Gasteiger partial charge in [-0.25, -0.2) is 13.9 Å². The SMILES string of the molecule is O=C(O)c1cc(Cn2ncc3ccccc3c2=O)ccc1F. The smallest absolute Gasteiger partial charge is 0.338 e. The highest BCUT2D eigenvalue weighted by Gasteiger charge is 2.12. The lowest BCUT2D eigenvalue weighted by molar-refractivity contribution is 0.0691. The van der Waals surface area contributed by atoms with E-state index in [2.05, 4.69) is 5.10 Å². The van der Waals surface area contributed by atoms with Crippen molar-refractivity contribution >= 4 is 16.7 Å². The molecule has 0 saturated carbocycles. The molecule has 0 aliphatic carbocycles. The van der Waals surface area contributed by atoms with E-state index in [0.29, 0.717) is 10.9 Å². The third-order valence-electron chi connectivity index (χ3n) is 3.36. The van der Waals surface area contributed by atoms with Crippen molar-refractivity contribution in [2.24, 2.45) is 0 Å². The van der Waals surface area contributed by atoms with Crippen LogP contribution in [0.5, 0.6) is 0 Å². The summed E-state index contributed by atoms with van der Waals surface area (Å²) in [6.07, 6.45) is 1.57. The average Bonchev–Trinajstić information content (AvgIpc) is 2.52. The Labute approximate surface area is 124 Å². The van der Waals surface area contributed by atoms with Crippen LogP contribution in [0.2, 0.25) is 0 Å². The fraction of sp³-hybridized carbons (Fsp3) is 0.0625. The molecule has 3 rings (SSSR count). The minimum absolute atomic E-state index is 0.0736. The van der Waals surface area contributed by atoms with Gasteiger partial charge in [0.25, 0.3) is 5.56 Å². The number of fused-ring (bicyclic) bond motifs is 1. The summed E-state index contributed by atoms with van der Waals surface area (Å²) in [4.78, 5) is 23.3. The summed E-state index contributed by atoms with van der Waals surface area (Å²) in [5.74, 6) is -2.16. The number of nitrogens with zero attached hydrogens (tertiary/aromatic N) is 2. The zero-order valence-corrected chi connectivity index (χ0v) is 11.4. The molecule has 0 aliphatic heterocycles. The molecule has 6 heteroatoms. The van der Waals surface area contributed by atoms with Crippen LogP contribution in [0.15, 0.2) is 53.5 Å². The summed E-state index contributed by atoms with van der Waals surface area (Å²) in [5.41, 5.74) is -0.214. The van der Waals surface area contributed by atoms with Crippen molar-refractivity contribution in [1.82, 2.24) is 9.78 Å². The number of halogens is 1. The van der Waals surface area contributed by atoms with E-state index in [4.69, 9.17) is 5.11 Å². The van der Waals surface area contributed by atoms with E-state index in [9.17, 15) is 14.0 Å². The minimum atomic E-state index is -1.35. The first-order chi connectivity index (χ1) is 10.6. The molecule has 5 nitrogen and oxygen atoms in total. The molecule has 1 N–H and O–H groups in total. The molecule has 0 atom stereocenters. The van der Waals surface area contributed by atoms with Crippen molar-refractivity contribution in [3.8, 4) is 0 Å². The largest absolute Gasteiger partial charge is 0.478 e. The van der Waals surface area contributed by atoms with E-state index in [0.717, 1.165) is 11.5 Å². The van der Waals surface area contributed by atoms with Gasteiger partial charge in [0.2, 0.25) is 0 Å². The second-order valence-electron chi connectivity index (χ2n) is 4.81. The predicted octanol–water partition coefficient (Wildman–Crippen LogP) is 2.28. The molecule has 0 unspecified atom stereocenters. The van der Waals surface area contributed by atoms with Gasteiger partial charge in [-0.2, -0.15) is 5.10 Å². The molecule has 2 aromatic carbocycles. The lowest BCUT2D eigenvalue weighted by atomic mass is 10.1. The Morgan fingerprint density at radius 2 is 2.00 bits per heavy atom.